The smallest absolute Gasteiger partial charge is 0.220 e. The Morgan fingerprint density at radius 2 is 1.94 bits per heavy atom. The molecule has 0 saturated carbocycles. The van der Waals surface area contributed by atoms with Crippen molar-refractivity contribution in [1.82, 2.24) is 15.2 Å². The molecule has 4 rings (SSSR count). The van der Waals surface area contributed by atoms with Gasteiger partial charge in [0, 0.05) is 29.6 Å². The summed E-state index contributed by atoms with van der Waals surface area (Å²) in [6.45, 7) is 0.452. The fraction of sp³-hybridized carbons (Fsp3) is 0.240. The van der Waals surface area contributed by atoms with Crippen molar-refractivity contribution in [1.29, 1.82) is 0 Å². The Balaban J connectivity index is 1.50. The van der Waals surface area contributed by atoms with E-state index in [1.54, 1.807) is 12.3 Å². The summed E-state index contributed by atoms with van der Waals surface area (Å²) >= 11 is 0. The van der Waals surface area contributed by atoms with E-state index >= 15 is 0 Å². The lowest BCUT2D eigenvalue weighted by atomic mass is 10.0. The number of amides is 1. The van der Waals surface area contributed by atoms with Gasteiger partial charge in [0.15, 0.2) is 0 Å². The number of benzene rings is 2. The third kappa shape index (κ3) is 4.70. The van der Waals surface area contributed by atoms with Crippen LogP contribution in [0.3, 0.4) is 0 Å². The monoisotopic (exact) mass is 419 g/mol. The van der Waals surface area contributed by atoms with E-state index in [1.165, 1.54) is 12.1 Å². The van der Waals surface area contributed by atoms with Crippen molar-refractivity contribution >= 4 is 16.8 Å². The number of aryl methyl sites for hydroxylation is 1. The first kappa shape index (κ1) is 20.9. The van der Waals surface area contributed by atoms with Gasteiger partial charge in [-0.3, -0.25) is 9.69 Å². The summed E-state index contributed by atoms with van der Waals surface area (Å²) < 4.78 is 19.4. The van der Waals surface area contributed by atoms with E-state index in [9.17, 15) is 9.18 Å². The van der Waals surface area contributed by atoms with Crippen molar-refractivity contribution in [2.45, 2.75) is 18.9 Å². The average Bonchev–Trinajstić information content (AvgIpc) is 3.41. The first-order valence-electron chi connectivity index (χ1n) is 10.3. The van der Waals surface area contributed by atoms with Crippen LogP contribution in [0.25, 0.3) is 22.2 Å². The summed E-state index contributed by atoms with van der Waals surface area (Å²) in [5.74, 6) is 0.469. The highest BCUT2D eigenvalue weighted by Gasteiger charge is 2.19. The molecule has 2 N–H and O–H groups in total. The number of H-pyrrole nitrogens is 1. The molecule has 0 saturated heterocycles. The Morgan fingerprint density at radius 1 is 1.13 bits per heavy atom. The topological polar surface area (TPSA) is 61.3 Å². The van der Waals surface area contributed by atoms with Gasteiger partial charge in [-0.2, -0.15) is 0 Å². The van der Waals surface area contributed by atoms with E-state index in [2.05, 4.69) is 10.3 Å². The summed E-state index contributed by atoms with van der Waals surface area (Å²) in [5.41, 5.74) is 3.75. The highest BCUT2D eigenvalue weighted by Crippen LogP contribution is 2.31. The molecule has 0 aliphatic heterocycles. The summed E-state index contributed by atoms with van der Waals surface area (Å²) in [4.78, 5) is 18.0. The molecular formula is C25H26FN3O2. The lowest BCUT2D eigenvalue weighted by Gasteiger charge is -2.22. The predicted molar refractivity (Wildman–Crippen MR) is 120 cm³/mol. The van der Waals surface area contributed by atoms with Crippen LogP contribution < -0.4 is 5.32 Å². The average molecular weight is 420 g/mol. The minimum Gasteiger partial charge on any atom is -0.468 e. The molecule has 0 bridgehead atoms. The number of furan rings is 1. The lowest BCUT2D eigenvalue weighted by Crippen LogP contribution is -2.34. The van der Waals surface area contributed by atoms with Crippen LogP contribution in [0.4, 0.5) is 4.39 Å². The molecule has 1 unspecified atom stereocenters. The molecule has 0 spiro atoms. The first-order chi connectivity index (χ1) is 15.0. The van der Waals surface area contributed by atoms with Crippen molar-refractivity contribution in [2.24, 2.45) is 0 Å². The van der Waals surface area contributed by atoms with Crippen LogP contribution in [0.1, 0.15) is 23.8 Å². The second kappa shape index (κ2) is 9.18. The number of carbonyl (C=O) groups excluding carboxylic acids is 1. The molecule has 31 heavy (non-hydrogen) atoms. The minimum absolute atomic E-state index is 0.0407. The van der Waals surface area contributed by atoms with E-state index in [4.69, 9.17) is 4.42 Å². The fourth-order valence-corrected chi connectivity index (χ4v) is 3.89. The van der Waals surface area contributed by atoms with Crippen LogP contribution in [0.2, 0.25) is 0 Å². The van der Waals surface area contributed by atoms with Crippen LogP contribution in [0, 0.1) is 5.82 Å². The van der Waals surface area contributed by atoms with Gasteiger partial charge in [0.05, 0.1) is 12.3 Å². The number of aromatic amines is 1. The van der Waals surface area contributed by atoms with E-state index < -0.39 is 0 Å². The number of nitrogens with one attached hydrogen (secondary N) is 2. The number of carbonyl (C=O) groups is 1. The third-order valence-corrected chi connectivity index (χ3v) is 5.52. The number of aromatic nitrogens is 1. The molecule has 0 aliphatic carbocycles. The molecule has 2 aromatic carbocycles. The van der Waals surface area contributed by atoms with Gasteiger partial charge in [0.1, 0.15) is 11.6 Å². The maximum Gasteiger partial charge on any atom is 0.220 e. The summed E-state index contributed by atoms with van der Waals surface area (Å²) in [6, 6.07) is 18.3. The standard InChI is InChI=1S/C25H26FN3O2/c1-29(2)22(23-9-6-14-31-23)16-27-24(30)13-11-19-20-15-18(26)10-12-21(20)28-25(19)17-7-4-3-5-8-17/h3-10,12,14-15,22,28H,11,13,16H2,1-2H3,(H,27,30). The van der Waals surface area contributed by atoms with Crippen molar-refractivity contribution < 1.29 is 13.6 Å². The van der Waals surface area contributed by atoms with Gasteiger partial charge in [-0.25, -0.2) is 4.39 Å². The van der Waals surface area contributed by atoms with E-state index in [1.807, 2.05) is 61.5 Å². The highest BCUT2D eigenvalue weighted by molar-refractivity contribution is 5.91. The molecule has 0 aliphatic rings. The van der Waals surface area contributed by atoms with Crippen molar-refractivity contribution in [3.05, 3.63) is 84.1 Å². The van der Waals surface area contributed by atoms with Gasteiger partial charge < -0.3 is 14.7 Å². The van der Waals surface area contributed by atoms with Crippen molar-refractivity contribution in [3.8, 4) is 11.3 Å². The lowest BCUT2D eigenvalue weighted by molar-refractivity contribution is -0.121. The predicted octanol–water partition coefficient (Wildman–Crippen LogP) is 4.92. The van der Waals surface area contributed by atoms with Gasteiger partial charge in [0.2, 0.25) is 5.91 Å². The van der Waals surface area contributed by atoms with Crippen LogP contribution in [0.5, 0.6) is 0 Å². The zero-order chi connectivity index (χ0) is 21.8. The van der Waals surface area contributed by atoms with Gasteiger partial charge in [-0.1, -0.05) is 30.3 Å². The second-order valence-corrected chi connectivity index (χ2v) is 7.83. The normalized spacial score (nSPS) is 12.4. The van der Waals surface area contributed by atoms with Gasteiger partial charge in [0.25, 0.3) is 0 Å². The molecule has 0 fully saturated rings. The molecule has 160 valence electrons. The maximum atomic E-state index is 13.9. The molecule has 0 radical (unpaired) electrons. The van der Waals surface area contributed by atoms with Crippen LogP contribution in [0.15, 0.2) is 71.3 Å². The van der Waals surface area contributed by atoms with Gasteiger partial charge in [-0.05, 0) is 62.0 Å². The summed E-state index contributed by atoms with van der Waals surface area (Å²) in [6.07, 6.45) is 2.45. The quantitative estimate of drug-likeness (QED) is 0.426. The number of nitrogens with zero attached hydrogens (tertiary/aromatic N) is 1. The number of likely N-dealkylation sites (N-methyl/N-ethyl adjacent to an activating group) is 1. The maximum absolute atomic E-state index is 13.9. The highest BCUT2D eigenvalue weighted by atomic mass is 19.1. The Morgan fingerprint density at radius 3 is 2.65 bits per heavy atom. The number of rotatable bonds is 8. The third-order valence-electron chi connectivity index (χ3n) is 5.52. The zero-order valence-electron chi connectivity index (χ0n) is 17.7. The van der Waals surface area contributed by atoms with Crippen LogP contribution >= 0.6 is 0 Å². The molecule has 1 amide bonds. The molecule has 1 atom stereocenters. The fourth-order valence-electron chi connectivity index (χ4n) is 3.89. The molecule has 2 aromatic heterocycles. The van der Waals surface area contributed by atoms with Crippen molar-refractivity contribution in [3.63, 3.8) is 0 Å². The van der Waals surface area contributed by atoms with Gasteiger partial charge >= 0.3 is 0 Å². The number of hydrogen-bond acceptors (Lipinski definition) is 3. The molecule has 4 aromatic rings. The molecule has 5 nitrogen and oxygen atoms in total. The van der Waals surface area contributed by atoms with Crippen LogP contribution in [-0.4, -0.2) is 36.4 Å². The largest absolute Gasteiger partial charge is 0.468 e. The van der Waals surface area contributed by atoms with Gasteiger partial charge in [-0.15, -0.1) is 0 Å². The first-order valence-corrected chi connectivity index (χ1v) is 10.3. The Hall–Kier alpha value is -3.38. The Bertz CT molecular complexity index is 1150. The summed E-state index contributed by atoms with van der Waals surface area (Å²) in [5, 5.41) is 3.82. The van der Waals surface area contributed by atoms with E-state index in [0.29, 0.717) is 19.4 Å². The zero-order valence-corrected chi connectivity index (χ0v) is 17.7. The van der Waals surface area contributed by atoms with Crippen molar-refractivity contribution in [2.75, 3.05) is 20.6 Å². The second-order valence-electron chi connectivity index (χ2n) is 7.83. The molecular weight excluding hydrogens is 393 g/mol. The Labute approximate surface area is 180 Å². The van der Waals surface area contributed by atoms with E-state index in [0.717, 1.165) is 33.5 Å². The summed E-state index contributed by atoms with van der Waals surface area (Å²) in [7, 11) is 3.90. The molecule has 2 heterocycles. The number of fused-ring (bicyclic) bond motifs is 1. The number of halogens is 1. The SMILES string of the molecule is CN(C)C(CNC(=O)CCc1c(-c2ccccc2)[nH]c2ccc(F)cc12)c1ccco1. The van der Waals surface area contributed by atoms with E-state index in [-0.39, 0.29) is 17.8 Å². The Kier molecular flexibility index (Phi) is 6.18. The number of hydrogen-bond donors (Lipinski definition) is 2. The minimum atomic E-state index is -0.288. The molecule has 6 heteroatoms. The van der Waals surface area contributed by atoms with Crippen LogP contribution in [-0.2, 0) is 11.2 Å².